The fourth-order valence-electron chi connectivity index (χ4n) is 1.23. The van der Waals surface area contributed by atoms with Crippen LogP contribution in [0.5, 0.6) is 0 Å². The smallest absolute Gasteiger partial charge is 0.341 e. The Bertz CT molecular complexity index is 391. The highest BCUT2D eigenvalue weighted by Gasteiger charge is 2.28. The molecule has 0 atom stereocenters. The molecule has 0 aliphatic heterocycles. The quantitative estimate of drug-likeness (QED) is 0.822. The van der Waals surface area contributed by atoms with Crippen molar-refractivity contribution in [3.05, 3.63) is 20.8 Å². The van der Waals surface area contributed by atoms with E-state index in [1.54, 1.807) is 0 Å². The maximum atomic E-state index is 11.9. The van der Waals surface area contributed by atoms with E-state index < -0.39 is 24.9 Å². The van der Waals surface area contributed by atoms with Crippen LogP contribution in [0.15, 0.2) is 15.2 Å². The summed E-state index contributed by atoms with van der Waals surface area (Å²) >= 11 is 4.76. The van der Waals surface area contributed by atoms with E-state index in [9.17, 15) is 18.0 Å². The summed E-state index contributed by atoms with van der Waals surface area (Å²) in [5, 5.41) is 1.86. The van der Waals surface area contributed by atoms with Crippen LogP contribution in [0.1, 0.15) is 18.4 Å². The minimum absolute atomic E-state index is 0.332. The summed E-state index contributed by atoms with van der Waals surface area (Å²) < 4.78 is 36.7. The standard InChI is InChI=1S/C10H11BrF3NOS/c1-15(5-7-4-8(11)17-6-7)9(16)2-3-10(12,13)14/h4,6H,2-3,5H2,1H3. The van der Waals surface area contributed by atoms with Crippen molar-refractivity contribution in [2.24, 2.45) is 0 Å². The molecule has 1 aromatic rings. The molecule has 0 aliphatic rings. The Hall–Kier alpha value is -0.560. The third kappa shape index (κ3) is 5.54. The van der Waals surface area contributed by atoms with Crippen LogP contribution in [0, 0.1) is 0 Å². The number of hydrogen-bond donors (Lipinski definition) is 0. The lowest BCUT2D eigenvalue weighted by molar-refractivity contribution is -0.148. The first-order valence-corrected chi connectivity index (χ1v) is 6.49. The lowest BCUT2D eigenvalue weighted by Crippen LogP contribution is -2.27. The van der Waals surface area contributed by atoms with E-state index in [0.29, 0.717) is 6.54 Å². The van der Waals surface area contributed by atoms with Crippen molar-refractivity contribution in [3.8, 4) is 0 Å². The third-order valence-corrected chi connectivity index (χ3v) is 3.64. The van der Waals surface area contributed by atoms with E-state index in [4.69, 9.17) is 0 Å². The second-order valence-electron chi connectivity index (χ2n) is 3.62. The van der Waals surface area contributed by atoms with E-state index >= 15 is 0 Å². The molecule has 0 radical (unpaired) electrons. The number of carbonyl (C=O) groups excluding carboxylic acids is 1. The second kappa shape index (κ2) is 5.86. The zero-order chi connectivity index (χ0) is 13.1. The molecule has 0 aromatic carbocycles. The zero-order valence-electron chi connectivity index (χ0n) is 9.05. The monoisotopic (exact) mass is 329 g/mol. The number of carbonyl (C=O) groups is 1. The first-order valence-electron chi connectivity index (χ1n) is 4.81. The van der Waals surface area contributed by atoms with Gasteiger partial charge < -0.3 is 4.90 Å². The average molecular weight is 330 g/mol. The van der Waals surface area contributed by atoms with Crippen LogP contribution in [0.3, 0.4) is 0 Å². The summed E-state index contributed by atoms with van der Waals surface area (Å²) in [6.07, 6.45) is -5.84. The van der Waals surface area contributed by atoms with Crippen molar-refractivity contribution in [1.29, 1.82) is 0 Å². The Morgan fingerprint density at radius 1 is 1.53 bits per heavy atom. The largest absolute Gasteiger partial charge is 0.389 e. The topological polar surface area (TPSA) is 20.3 Å². The lowest BCUT2D eigenvalue weighted by atomic mass is 10.2. The van der Waals surface area contributed by atoms with Gasteiger partial charge in [-0.05, 0) is 32.9 Å². The molecule has 7 heteroatoms. The van der Waals surface area contributed by atoms with Gasteiger partial charge in [0, 0.05) is 20.0 Å². The van der Waals surface area contributed by atoms with E-state index in [2.05, 4.69) is 15.9 Å². The van der Waals surface area contributed by atoms with Crippen molar-refractivity contribution >= 4 is 33.2 Å². The molecule has 0 N–H and O–H groups in total. The predicted molar refractivity (Wildman–Crippen MR) is 63.8 cm³/mol. The van der Waals surface area contributed by atoms with E-state index in [1.807, 2.05) is 11.4 Å². The molecule has 0 saturated heterocycles. The van der Waals surface area contributed by atoms with Crippen LogP contribution >= 0.6 is 27.3 Å². The van der Waals surface area contributed by atoms with Gasteiger partial charge in [-0.2, -0.15) is 13.2 Å². The highest BCUT2D eigenvalue weighted by molar-refractivity contribution is 9.11. The Labute approximate surface area is 110 Å². The molecule has 0 spiro atoms. The average Bonchev–Trinajstić information content (AvgIpc) is 2.59. The number of hydrogen-bond acceptors (Lipinski definition) is 2. The van der Waals surface area contributed by atoms with Crippen LogP contribution in [0.25, 0.3) is 0 Å². The van der Waals surface area contributed by atoms with Crippen molar-refractivity contribution in [3.63, 3.8) is 0 Å². The fraction of sp³-hybridized carbons (Fsp3) is 0.500. The highest BCUT2D eigenvalue weighted by Crippen LogP contribution is 2.23. The van der Waals surface area contributed by atoms with Crippen LogP contribution in [-0.2, 0) is 11.3 Å². The maximum Gasteiger partial charge on any atom is 0.389 e. The second-order valence-corrected chi connectivity index (χ2v) is 5.91. The van der Waals surface area contributed by atoms with E-state index in [1.165, 1.54) is 23.3 Å². The van der Waals surface area contributed by atoms with Crippen LogP contribution in [0.4, 0.5) is 13.2 Å². The highest BCUT2D eigenvalue weighted by atomic mass is 79.9. The van der Waals surface area contributed by atoms with Gasteiger partial charge in [-0.3, -0.25) is 4.79 Å². The van der Waals surface area contributed by atoms with Gasteiger partial charge in [-0.1, -0.05) is 0 Å². The van der Waals surface area contributed by atoms with Crippen molar-refractivity contribution in [1.82, 2.24) is 4.90 Å². The van der Waals surface area contributed by atoms with Gasteiger partial charge in [0.1, 0.15) is 0 Å². The number of halogens is 4. The van der Waals surface area contributed by atoms with Gasteiger partial charge in [-0.15, -0.1) is 11.3 Å². The number of amides is 1. The molecule has 2 nitrogen and oxygen atoms in total. The predicted octanol–water partition coefficient (Wildman–Crippen LogP) is 3.81. The summed E-state index contributed by atoms with van der Waals surface area (Å²) in [5.41, 5.74) is 0.907. The van der Waals surface area contributed by atoms with Crippen LogP contribution in [0.2, 0.25) is 0 Å². The van der Waals surface area contributed by atoms with Crippen molar-refractivity contribution in [2.45, 2.75) is 25.6 Å². The molecule has 96 valence electrons. The Morgan fingerprint density at radius 3 is 2.65 bits per heavy atom. The first-order chi connectivity index (χ1) is 7.78. The van der Waals surface area contributed by atoms with Gasteiger partial charge >= 0.3 is 6.18 Å². The molecule has 0 bridgehead atoms. The molecule has 0 fully saturated rings. The summed E-state index contributed by atoms with van der Waals surface area (Å²) in [7, 11) is 1.50. The molecule has 1 amide bonds. The maximum absolute atomic E-state index is 11.9. The van der Waals surface area contributed by atoms with Crippen LogP contribution in [-0.4, -0.2) is 24.0 Å². The number of alkyl halides is 3. The van der Waals surface area contributed by atoms with Crippen LogP contribution < -0.4 is 0 Å². The normalized spacial score (nSPS) is 11.6. The number of thiophene rings is 1. The lowest BCUT2D eigenvalue weighted by Gasteiger charge is -2.16. The van der Waals surface area contributed by atoms with Gasteiger partial charge in [0.2, 0.25) is 5.91 Å². The van der Waals surface area contributed by atoms with Crippen molar-refractivity contribution in [2.75, 3.05) is 7.05 Å². The summed E-state index contributed by atoms with van der Waals surface area (Å²) in [5.74, 6) is -0.496. The van der Waals surface area contributed by atoms with E-state index in [-0.39, 0.29) is 0 Å². The molecular weight excluding hydrogens is 319 g/mol. The minimum Gasteiger partial charge on any atom is -0.341 e. The first kappa shape index (κ1) is 14.5. The molecule has 0 unspecified atom stereocenters. The molecule has 0 saturated carbocycles. The van der Waals surface area contributed by atoms with E-state index in [0.717, 1.165) is 9.35 Å². The summed E-state index contributed by atoms with van der Waals surface area (Å²) in [6.45, 7) is 0.332. The molecule has 17 heavy (non-hydrogen) atoms. The molecule has 1 rings (SSSR count). The Morgan fingerprint density at radius 2 is 2.18 bits per heavy atom. The Balaban J connectivity index is 2.42. The van der Waals surface area contributed by atoms with Gasteiger partial charge in [0.25, 0.3) is 0 Å². The Kier molecular flexibility index (Phi) is 5.00. The van der Waals surface area contributed by atoms with Gasteiger partial charge in [0.15, 0.2) is 0 Å². The fourth-order valence-corrected chi connectivity index (χ4v) is 2.43. The molecule has 0 aliphatic carbocycles. The van der Waals surface area contributed by atoms with Crippen molar-refractivity contribution < 1.29 is 18.0 Å². The minimum atomic E-state index is -4.28. The molecule has 1 heterocycles. The third-order valence-electron chi connectivity index (χ3n) is 2.09. The summed E-state index contributed by atoms with van der Waals surface area (Å²) in [6, 6.07) is 1.85. The SMILES string of the molecule is CN(Cc1csc(Br)c1)C(=O)CCC(F)(F)F. The zero-order valence-corrected chi connectivity index (χ0v) is 11.5. The number of rotatable bonds is 4. The number of nitrogens with zero attached hydrogens (tertiary/aromatic N) is 1. The molecule has 1 aromatic heterocycles. The molecular formula is C10H11BrF3NOS. The van der Waals surface area contributed by atoms with Gasteiger partial charge in [-0.25, -0.2) is 0 Å². The summed E-state index contributed by atoms with van der Waals surface area (Å²) in [4.78, 5) is 12.7. The van der Waals surface area contributed by atoms with Gasteiger partial charge in [0.05, 0.1) is 10.2 Å².